The Kier molecular flexibility index (Phi) is 7.80. The zero-order chi connectivity index (χ0) is 30.0. The van der Waals surface area contributed by atoms with E-state index < -0.39 is 11.3 Å². The standard InChI is InChI=1S/C30H27F3N4O6/c31-30(32,33)43-25-9-7-24(8-10-25)41-23-4-1-20(2-5-23)16-35-13-11-21-3-6-26(15-22(21)17-35)40-19-27-12-14-36-18-28(37(38)39)34-29(36)42-27/h1-10,15,18,27H,11-14,16-17,19H2. The van der Waals surface area contributed by atoms with Gasteiger partial charge >= 0.3 is 18.2 Å². The van der Waals surface area contributed by atoms with Crippen LogP contribution >= 0.6 is 0 Å². The second-order valence-corrected chi connectivity index (χ2v) is 10.3. The highest BCUT2D eigenvalue weighted by Crippen LogP contribution is 2.30. The first kappa shape index (κ1) is 28.3. The third kappa shape index (κ3) is 7.17. The van der Waals surface area contributed by atoms with Crippen molar-refractivity contribution in [3.05, 3.63) is 99.7 Å². The van der Waals surface area contributed by atoms with Crippen molar-refractivity contribution in [2.24, 2.45) is 0 Å². The highest BCUT2D eigenvalue weighted by molar-refractivity contribution is 5.38. The summed E-state index contributed by atoms with van der Waals surface area (Å²) >= 11 is 0. The van der Waals surface area contributed by atoms with Gasteiger partial charge in [-0.3, -0.25) is 9.47 Å². The summed E-state index contributed by atoms with van der Waals surface area (Å²) < 4.78 is 60.2. The average molecular weight is 597 g/mol. The summed E-state index contributed by atoms with van der Waals surface area (Å²) in [5.41, 5.74) is 3.57. The number of aryl methyl sites for hydroxylation is 1. The zero-order valence-corrected chi connectivity index (χ0v) is 22.8. The van der Waals surface area contributed by atoms with E-state index >= 15 is 0 Å². The molecule has 2 aliphatic rings. The Hall–Kier alpha value is -4.78. The molecule has 0 N–H and O–H groups in total. The van der Waals surface area contributed by atoms with Crippen LogP contribution in [-0.4, -0.2) is 45.0 Å². The molecule has 0 aliphatic carbocycles. The van der Waals surface area contributed by atoms with Crippen LogP contribution in [0.3, 0.4) is 0 Å². The molecule has 2 aliphatic heterocycles. The van der Waals surface area contributed by atoms with E-state index in [9.17, 15) is 23.3 Å². The Morgan fingerprint density at radius 1 is 0.953 bits per heavy atom. The minimum atomic E-state index is -4.74. The van der Waals surface area contributed by atoms with Crippen molar-refractivity contribution in [1.29, 1.82) is 0 Å². The Morgan fingerprint density at radius 2 is 1.65 bits per heavy atom. The number of alkyl halides is 3. The lowest BCUT2D eigenvalue weighted by molar-refractivity contribution is -0.389. The van der Waals surface area contributed by atoms with Crippen LogP contribution in [0.2, 0.25) is 0 Å². The summed E-state index contributed by atoms with van der Waals surface area (Å²) in [4.78, 5) is 16.7. The molecule has 43 heavy (non-hydrogen) atoms. The van der Waals surface area contributed by atoms with Crippen molar-refractivity contribution >= 4 is 5.82 Å². The van der Waals surface area contributed by atoms with Crippen molar-refractivity contribution in [2.45, 2.75) is 44.9 Å². The van der Waals surface area contributed by atoms with E-state index in [1.165, 1.54) is 41.6 Å². The first-order valence-corrected chi connectivity index (χ1v) is 13.6. The quantitative estimate of drug-likeness (QED) is 0.165. The van der Waals surface area contributed by atoms with Crippen LogP contribution in [0.25, 0.3) is 0 Å². The van der Waals surface area contributed by atoms with Crippen LogP contribution in [0.15, 0.2) is 72.9 Å². The average Bonchev–Trinajstić information content (AvgIpc) is 3.41. The lowest BCUT2D eigenvalue weighted by Crippen LogP contribution is -2.31. The molecule has 1 atom stereocenters. The molecule has 1 aromatic heterocycles. The molecule has 13 heteroatoms. The van der Waals surface area contributed by atoms with Crippen molar-refractivity contribution < 1.29 is 37.0 Å². The van der Waals surface area contributed by atoms with Gasteiger partial charge in [0, 0.05) is 37.6 Å². The van der Waals surface area contributed by atoms with Crippen LogP contribution < -0.4 is 18.9 Å². The van der Waals surface area contributed by atoms with E-state index in [0.717, 1.165) is 37.4 Å². The lowest BCUT2D eigenvalue weighted by atomic mass is 9.99. The van der Waals surface area contributed by atoms with Gasteiger partial charge < -0.3 is 29.1 Å². The molecule has 0 radical (unpaired) electrons. The Morgan fingerprint density at radius 3 is 2.37 bits per heavy atom. The van der Waals surface area contributed by atoms with E-state index in [-0.39, 0.29) is 23.7 Å². The fourth-order valence-corrected chi connectivity index (χ4v) is 5.11. The molecule has 3 heterocycles. The maximum atomic E-state index is 12.4. The van der Waals surface area contributed by atoms with Crippen molar-refractivity contribution in [2.75, 3.05) is 13.2 Å². The van der Waals surface area contributed by atoms with E-state index in [4.69, 9.17) is 14.2 Å². The minimum Gasteiger partial charge on any atom is -0.490 e. The molecule has 0 spiro atoms. The number of nitrogens with zero attached hydrogens (tertiary/aromatic N) is 4. The Balaban J connectivity index is 1.00. The van der Waals surface area contributed by atoms with E-state index in [0.29, 0.717) is 31.1 Å². The number of hydrogen-bond acceptors (Lipinski definition) is 8. The van der Waals surface area contributed by atoms with Gasteiger partial charge in [-0.1, -0.05) is 18.2 Å². The second-order valence-electron chi connectivity index (χ2n) is 10.3. The van der Waals surface area contributed by atoms with Gasteiger partial charge in [0.1, 0.15) is 41.9 Å². The van der Waals surface area contributed by atoms with Gasteiger partial charge in [-0.25, -0.2) is 0 Å². The number of hydrogen-bond donors (Lipinski definition) is 0. The van der Waals surface area contributed by atoms with Crippen molar-refractivity contribution in [3.8, 4) is 29.0 Å². The molecule has 1 unspecified atom stereocenters. The summed E-state index contributed by atoms with van der Waals surface area (Å²) in [7, 11) is 0. The molecule has 3 aromatic carbocycles. The second kappa shape index (κ2) is 11.8. The molecule has 224 valence electrons. The number of rotatable bonds is 9. The number of imidazole rings is 1. The number of ether oxygens (including phenoxy) is 4. The highest BCUT2D eigenvalue weighted by atomic mass is 19.4. The maximum absolute atomic E-state index is 12.4. The monoisotopic (exact) mass is 596 g/mol. The minimum absolute atomic E-state index is 0.229. The Labute approximate surface area is 244 Å². The number of nitro groups is 1. The third-order valence-electron chi connectivity index (χ3n) is 7.21. The van der Waals surface area contributed by atoms with Gasteiger partial charge in [0.25, 0.3) is 0 Å². The summed E-state index contributed by atoms with van der Waals surface area (Å²) in [5.74, 6) is 1.18. The SMILES string of the molecule is O=[N+]([O-])c1cn2c(n1)OC(COc1ccc3c(c1)CN(Cc1ccc(Oc4ccc(OC(F)(F)F)cc4)cc1)CC3)CC2. The maximum Gasteiger partial charge on any atom is 0.573 e. The molecule has 4 aromatic rings. The van der Waals surface area contributed by atoms with Crippen molar-refractivity contribution in [3.63, 3.8) is 0 Å². The predicted molar refractivity (Wildman–Crippen MR) is 147 cm³/mol. The van der Waals surface area contributed by atoms with Crippen LogP contribution in [-0.2, 0) is 26.1 Å². The highest BCUT2D eigenvalue weighted by Gasteiger charge is 2.31. The number of benzene rings is 3. The molecular formula is C30H27F3N4O6. The summed E-state index contributed by atoms with van der Waals surface area (Å²) in [5, 5.41) is 11.0. The van der Waals surface area contributed by atoms with Crippen LogP contribution in [0.4, 0.5) is 19.0 Å². The smallest absolute Gasteiger partial charge is 0.490 e. The molecule has 0 bridgehead atoms. The normalized spacial score (nSPS) is 16.5. The fraction of sp³-hybridized carbons (Fsp3) is 0.300. The van der Waals surface area contributed by atoms with Gasteiger partial charge in [-0.2, -0.15) is 0 Å². The van der Waals surface area contributed by atoms with Crippen LogP contribution in [0.1, 0.15) is 23.1 Å². The third-order valence-corrected chi connectivity index (χ3v) is 7.21. The number of fused-ring (bicyclic) bond motifs is 2. The van der Waals surface area contributed by atoms with Crippen LogP contribution in [0, 0.1) is 10.1 Å². The fourth-order valence-electron chi connectivity index (χ4n) is 5.11. The Bertz CT molecular complexity index is 1590. The summed E-state index contributed by atoms with van der Waals surface area (Å²) in [6, 6.07) is 19.2. The molecule has 0 fully saturated rings. The predicted octanol–water partition coefficient (Wildman–Crippen LogP) is 6.27. The zero-order valence-electron chi connectivity index (χ0n) is 22.8. The van der Waals surface area contributed by atoms with Gasteiger partial charge in [0.2, 0.25) is 0 Å². The lowest BCUT2D eigenvalue weighted by Gasteiger charge is -2.29. The topological polar surface area (TPSA) is 101 Å². The van der Waals surface area contributed by atoms with Gasteiger partial charge in [-0.05, 0) is 76.6 Å². The number of halogens is 3. The first-order valence-electron chi connectivity index (χ1n) is 13.6. The van der Waals surface area contributed by atoms with E-state index in [2.05, 4.69) is 26.8 Å². The number of aromatic nitrogens is 2. The molecule has 0 saturated carbocycles. The molecule has 10 nitrogen and oxygen atoms in total. The van der Waals surface area contributed by atoms with Gasteiger partial charge in [0.05, 0.1) is 0 Å². The van der Waals surface area contributed by atoms with Crippen molar-refractivity contribution in [1.82, 2.24) is 14.5 Å². The van der Waals surface area contributed by atoms with Gasteiger partial charge in [0.15, 0.2) is 0 Å². The van der Waals surface area contributed by atoms with Gasteiger partial charge in [-0.15, -0.1) is 13.2 Å². The summed E-state index contributed by atoms with van der Waals surface area (Å²) in [6.45, 7) is 3.29. The molecular weight excluding hydrogens is 569 g/mol. The molecule has 0 saturated heterocycles. The van der Waals surface area contributed by atoms with E-state index in [1.807, 2.05) is 30.3 Å². The molecule has 0 amide bonds. The van der Waals surface area contributed by atoms with E-state index in [1.54, 1.807) is 4.57 Å². The van der Waals surface area contributed by atoms with Crippen LogP contribution in [0.5, 0.6) is 29.0 Å². The largest absolute Gasteiger partial charge is 0.573 e. The first-order chi connectivity index (χ1) is 20.7. The summed E-state index contributed by atoms with van der Waals surface area (Å²) in [6.07, 6.45) is -2.04. The molecule has 6 rings (SSSR count).